The molecule has 2 rings (SSSR count). The fourth-order valence-electron chi connectivity index (χ4n) is 7.36. The number of nitrogens with zero attached hydrogens (tertiary/aromatic N) is 2. The lowest BCUT2D eigenvalue weighted by Crippen LogP contribution is -2.36. The van der Waals surface area contributed by atoms with Crippen molar-refractivity contribution in [3.63, 3.8) is 0 Å². The third kappa shape index (κ3) is 32.3. The molecule has 0 aromatic carbocycles. The zero-order valence-electron chi connectivity index (χ0n) is 43.0. The highest BCUT2D eigenvalue weighted by molar-refractivity contribution is 7.61. The normalized spacial score (nSPS) is 20.0. The van der Waals surface area contributed by atoms with Gasteiger partial charge in [0, 0.05) is 19.0 Å². The first-order chi connectivity index (χ1) is 35.1. The zero-order chi connectivity index (χ0) is 53.6. The maximum absolute atomic E-state index is 12.9. The molecule has 73 heavy (non-hydrogen) atoms. The van der Waals surface area contributed by atoms with Crippen LogP contribution in [0, 0.1) is 0 Å². The standard InChI is InChI=1S/C52H85N3O16P2/c1-3-5-7-9-11-12-13-14-15-16-17-22-25-29-33-37-48(58)69-44(40-66-47(57)36-32-28-24-21-19-18-20-23-27-31-35-43(56)34-30-26-10-8-6-4-2)41-67-72(62,63)71-73(64,65)68-42-45-49(59)50(60)51(70-45)55-39-38-46(53)54-52(55)61/h6,8,18-19,23-24,26-28,30-31,35,38-39,43-45,49-51,56,59-60H,3-5,7,9-17,20-22,25,29,32-34,36-37,40-42H2,1-2H3,(H,62,63)(H,64,65)(H2,53,54,61)/b8-6-,19-18-,27-23-,28-24-,30-26-,35-31+/t43?,44-,45-,49-,50-,51-/m1/s1. The van der Waals surface area contributed by atoms with Crippen LogP contribution in [0.15, 0.2) is 90.0 Å². The molecule has 0 radical (unpaired) electrons. The van der Waals surface area contributed by atoms with E-state index < -0.39 is 89.8 Å². The second-order valence-corrected chi connectivity index (χ2v) is 20.9. The molecule has 1 aromatic heterocycles. The van der Waals surface area contributed by atoms with Gasteiger partial charge in [0.15, 0.2) is 12.3 Å². The van der Waals surface area contributed by atoms with Crippen LogP contribution in [0.1, 0.15) is 168 Å². The molecule has 8 atom stereocenters. The van der Waals surface area contributed by atoms with Gasteiger partial charge in [-0.3, -0.25) is 23.2 Å². The second kappa shape index (κ2) is 39.6. The number of anilines is 1. The van der Waals surface area contributed by atoms with Crippen molar-refractivity contribution in [1.82, 2.24) is 9.55 Å². The minimum Gasteiger partial charge on any atom is -0.462 e. The van der Waals surface area contributed by atoms with Crippen LogP contribution in [0.5, 0.6) is 0 Å². The highest BCUT2D eigenvalue weighted by Gasteiger charge is 2.46. The van der Waals surface area contributed by atoms with Crippen LogP contribution in [-0.2, 0) is 46.3 Å². The molecule has 1 fully saturated rings. The van der Waals surface area contributed by atoms with Crippen molar-refractivity contribution in [2.75, 3.05) is 25.6 Å². The molecular weight excluding hydrogens is 985 g/mol. The SMILES string of the molecule is CC/C=C\C/C=C\CC(O)/C=C/C=C\C/C=C\C/C=C\CCC(=O)OC[C@H](COP(=O)(O)OP(=O)(O)OC[C@H]1O[C@@H](n2ccc(N)nc2=O)[C@H](O)[C@@H]1O)OC(=O)CCCCCCCCCCCCCCCCC. The van der Waals surface area contributed by atoms with Gasteiger partial charge >= 0.3 is 33.3 Å². The first-order valence-corrected chi connectivity index (χ1v) is 29.0. The predicted octanol–water partition coefficient (Wildman–Crippen LogP) is 9.86. The van der Waals surface area contributed by atoms with E-state index in [2.05, 4.69) is 35.3 Å². The number of hydrogen-bond donors (Lipinski definition) is 6. The lowest BCUT2D eigenvalue weighted by atomic mass is 10.0. The number of aliphatic hydroxyl groups excluding tert-OH is 3. The molecule has 0 amide bonds. The Morgan fingerprint density at radius 1 is 0.740 bits per heavy atom. The second-order valence-electron chi connectivity index (χ2n) is 17.8. The number of phosphoric ester groups is 2. The highest BCUT2D eigenvalue weighted by Crippen LogP contribution is 2.60. The Bertz CT molecular complexity index is 2020. The van der Waals surface area contributed by atoms with Crippen molar-refractivity contribution in [2.45, 2.75) is 198 Å². The summed E-state index contributed by atoms with van der Waals surface area (Å²) in [5.41, 5.74) is 4.58. The molecule has 2 heterocycles. The van der Waals surface area contributed by atoms with E-state index in [0.717, 1.165) is 49.3 Å². The van der Waals surface area contributed by atoms with Crippen LogP contribution in [0.3, 0.4) is 0 Å². The van der Waals surface area contributed by atoms with Crippen molar-refractivity contribution in [3.05, 3.63) is 95.7 Å². The number of ether oxygens (including phenoxy) is 3. The summed E-state index contributed by atoms with van der Waals surface area (Å²) in [5, 5.41) is 31.0. The van der Waals surface area contributed by atoms with E-state index in [0.29, 0.717) is 32.1 Å². The molecule has 1 aliphatic heterocycles. The Labute approximate surface area is 432 Å². The van der Waals surface area contributed by atoms with E-state index in [-0.39, 0.29) is 18.7 Å². The average molecular weight is 1070 g/mol. The van der Waals surface area contributed by atoms with E-state index in [9.17, 15) is 48.6 Å². The molecule has 19 nitrogen and oxygen atoms in total. The molecule has 21 heteroatoms. The van der Waals surface area contributed by atoms with Gasteiger partial charge in [-0.1, -0.05) is 177 Å². The van der Waals surface area contributed by atoms with Crippen molar-refractivity contribution in [2.24, 2.45) is 0 Å². The van der Waals surface area contributed by atoms with Gasteiger partial charge in [-0.2, -0.15) is 9.29 Å². The number of aromatic nitrogens is 2. The van der Waals surface area contributed by atoms with Crippen LogP contribution in [0.4, 0.5) is 5.82 Å². The Kier molecular flexibility index (Phi) is 35.4. The molecule has 3 unspecified atom stereocenters. The van der Waals surface area contributed by atoms with Crippen molar-refractivity contribution in [3.8, 4) is 0 Å². The van der Waals surface area contributed by atoms with E-state index in [4.69, 9.17) is 29.0 Å². The molecular formula is C52H85N3O16P2. The summed E-state index contributed by atoms with van der Waals surface area (Å²) in [5.74, 6) is -1.43. The molecule has 414 valence electrons. The molecule has 0 saturated carbocycles. The van der Waals surface area contributed by atoms with Crippen molar-refractivity contribution < 1.29 is 71.4 Å². The summed E-state index contributed by atoms with van der Waals surface area (Å²) in [6.45, 7) is 1.90. The number of carbonyl (C=O) groups excluding carboxylic acids is 2. The van der Waals surface area contributed by atoms with Gasteiger partial charge in [0.25, 0.3) is 0 Å². The first-order valence-electron chi connectivity index (χ1n) is 26.1. The average Bonchev–Trinajstić information content (AvgIpc) is 3.62. The van der Waals surface area contributed by atoms with Gasteiger partial charge in [-0.25, -0.2) is 13.9 Å². The van der Waals surface area contributed by atoms with Gasteiger partial charge < -0.3 is 45.1 Å². The minimum absolute atomic E-state index is 0.0229. The Morgan fingerprint density at radius 2 is 1.32 bits per heavy atom. The van der Waals surface area contributed by atoms with Crippen molar-refractivity contribution in [1.29, 1.82) is 0 Å². The van der Waals surface area contributed by atoms with Gasteiger partial charge in [0.05, 0.1) is 19.3 Å². The van der Waals surface area contributed by atoms with E-state index in [1.165, 1.54) is 70.3 Å². The number of phosphoric acid groups is 2. The van der Waals surface area contributed by atoms with Crippen LogP contribution in [0.2, 0.25) is 0 Å². The lowest BCUT2D eigenvalue weighted by molar-refractivity contribution is -0.161. The van der Waals surface area contributed by atoms with Crippen LogP contribution in [0.25, 0.3) is 0 Å². The molecule has 0 bridgehead atoms. The molecule has 1 aliphatic rings. The Morgan fingerprint density at radius 3 is 1.95 bits per heavy atom. The maximum atomic E-state index is 12.9. The number of hydrogen-bond acceptors (Lipinski definition) is 16. The fourth-order valence-corrected chi connectivity index (χ4v) is 9.47. The predicted molar refractivity (Wildman–Crippen MR) is 281 cm³/mol. The first kappa shape index (κ1) is 65.3. The Balaban J connectivity index is 1.84. The number of rotatable bonds is 42. The summed E-state index contributed by atoms with van der Waals surface area (Å²) < 4.78 is 56.7. The van der Waals surface area contributed by atoms with Gasteiger partial charge in [0.2, 0.25) is 0 Å². The van der Waals surface area contributed by atoms with Crippen LogP contribution < -0.4 is 11.4 Å². The molecule has 1 aromatic rings. The number of unbranched alkanes of at least 4 members (excludes halogenated alkanes) is 14. The van der Waals surface area contributed by atoms with E-state index in [1.54, 1.807) is 6.08 Å². The largest absolute Gasteiger partial charge is 0.481 e. The highest BCUT2D eigenvalue weighted by atomic mass is 31.3. The third-order valence-corrected chi connectivity index (χ3v) is 14.0. The van der Waals surface area contributed by atoms with E-state index in [1.807, 2.05) is 54.7 Å². The van der Waals surface area contributed by atoms with Gasteiger partial charge in [-0.05, 0) is 51.0 Å². The van der Waals surface area contributed by atoms with E-state index >= 15 is 0 Å². The summed E-state index contributed by atoms with van der Waals surface area (Å²) in [6, 6.07) is 1.24. The number of esters is 2. The summed E-state index contributed by atoms with van der Waals surface area (Å²) in [4.78, 5) is 61.9. The quantitative estimate of drug-likeness (QED) is 0.0117. The monoisotopic (exact) mass is 1070 g/mol. The lowest BCUT2D eigenvalue weighted by Gasteiger charge is -2.21. The number of nitrogen functional groups attached to an aromatic ring is 1. The number of aliphatic hydroxyl groups is 3. The van der Waals surface area contributed by atoms with Gasteiger partial charge in [-0.15, -0.1) is 0 Å². The number of allylic oxidation sites excluding steroid dienone is 10. The summed E-state index contributed by atoms with van der Waals surface area (Å²) in [6.07, 6.45) is 37.3. The minimum atomic E-state index is -5.45. The number of nitrogens with two attached hydrogens (primary N) is 1. The zero-order valence-corrected chi connectivity index (χ0v) is 44.8. The molecule has 1 saturated heterocycles. The summed E-state index contributed by atoms with van der Waals surface area (Å²) in [7, 11) is -10.9. The van der Waals surface area contributed by atoms with Gasteiger partial charge in [0.1, 0.15) is 30.7 Å². The summed E-state index contributed by atoms with van der Waals surface area (Å²) >= 11 is 0. The number of carbonyl (C=O) groups is 2. The molecule has 0 aliphatic carbocycles. The maximum Gasteiger partial charge on any atom is 0.481 e. The van der Waals surface area contributed by atoms with Crippen molar-refractivity contribution >= 4 is 33.4 Å². The molecule has 0 spiro atoms. The smallest absolute Gasteiger partial charge is 0.462 e. The van der Waals surface area contributed by atoms with Crippen LogP contribution in [-0.4, -0.2) is 96.9 Å². The van der Waals surface area contributed by atoms with Crippen LogP contribution >= 0.6 is 15.6 Å². The Hall–Kier alpha value is -3.84. The molecule has 7 N–H and O–H groups in total. The fraction of sp³-hybridized carbons (Fsp3) is 0.654. The topological polar surface area (TPSA) is 286 Å². The third-order valence-electron chi connectivity index (χ3n) is 11.4.